The highest BCUT2D eigenvalue weighted by atomic mass is 28.4. The van der Waals surface area contributed by atoms with Crippen LogP contribution in [-0.2, 0) is 9.22 Å². The van der Waals surface area contributed by atoms with Gasteiger partial charge in [-0.1, -0.05) is 51.1 Å². The van der Waals surface area contributed by atoms with Gasteiger partial charge in [-0.3, -0.25) is 4.79 Å². The minimum Gasteiger partial charge on any atom is -0.410 e. The highest BCUT2D eigenvalue weighted by Gasteiger charge is 2.46. The lowest BCUT2D eigenvalue weighted by molar-refractivity contribution is -0.113. The molecule has 23 heavy (non-hydrogen) atoms. The quantitative estimate of drug-likeness (QED) is 0.712. The Hall–Kier alpha value is -1.19. The van der Waals surface area contributed by atoms with Gasteiger partial charge < -0.3 is 4.43 Å². The summed E-state index contributed by atoms with van der Waals surface area (Å²) in [5.41, 5.74) is 3.32. The molecule has 2 atom stereocenters. The van der Waals surface area contributed by atoms with E-state index in [2.05, 4.69) is 46.0 Å². The van der Waals surface area contributed by atoms with Crippen molar-refractivity contribution in [3.63, 3.8) is 0 Å². The Balaban J connectivity index is 1.98. The predicted octanol–water partition coefficient (Wildman–Crippen LogP) is 5.21. The number of ketones is 1. The maximum Gasteiger partial charge on any atom is 0.192 e. The van der Waals surface area contributed by atoms with Gasteiger partial charge in [0.2, 0.25) is 0 Å². The number of Topliss-reactive ketones (excluding diaryl/α,β-unsaturated/α-hetero) is 1. The van der Waals surface area contributed by atoms with Crippen LogP contribution in [0.5, 0.6) is 0 Å². The first kappa shape index (κ1) is 16.7. The van der Waals surface area contributed by atoms with Crippen molar-refractivity contribution in [3.05, 3.63) is 41.5 Å². The molecule has 0 amide bonds. The first-order chi connectivity index (χ1) is 10.7. The fourth-order valence-corrected chi connectivity index (χ4v) is 4.89. The lowest BCUT2D eigenvalue weighted by atomic mass is 9.99. The maximum atomic E-state index is 12.6. The summed E-state index contributed by atoms with van der Waals surface area (Å²) in [5, 5.41) is 0.196. The molecule has 1 fully saturated rings. The highest BCUT2D eigenvalue weighted by Crippen LogP contribution is 2.49. The zero-order chi connectivity index (χ0) is 16.8. The lowest BCUT2D eigenvalue weighted by Gasteiger charge is -2.39. The highest BCUT2D eigenvalue weighted by molar-refractivity contribution is 6.74. The van der Waals surface area contributed by atoms with Crippen molar-refractivity contribution in [2.45, 2.75) is 64.3 Å². The second-order valence-corrected chi connectivity index (χ2v) is 13.2. The molecule has 1 aromatic rings. The minimum absolute atomic E-state index is 0.141. The molecule has 2 nitrogen and oxygen atoms in total. The van der Waals surface area contributed by atoms with Gasteiger partial charge in [0.15, 0.2) is 14.1 Å². The van der Waals surface area contributed by atoms with Crippen molar-refractivity contribution < 1.29 is 9.22 Å². The molecule has 2 aliphatic carbocycles. The third-order valence-corrected chi connectivity index (χ3v) is 10.4. The molecule has 0 aliphatic heterocycles. The van der Waals surface area contributed by atoms with Gasteiger partial charge in [0.1, 0.15) is 0 Å². The van der Waals surface area contributed by atoms with Crippen LogP contribution in [0.1, 0.15) is 45.6 Å². The SMILES string of the molecule is CC(C)(C)[Si](C)(C)OC1CCC2CC(=O)C(c3ccccc3)=C21. The molecule has 2 unspecified atom stereocenters. The van der Waals surface area contributed by atoms with Crippen molar-refractivity contribution in [1.29, 1.82) is 0 Å². The Kier molecular flexibility index (Phi) is 4.14. The summed E-state index contributed by atoms with van der Waals surface area (Å²) in [4.78, 5) is 12.6. The third kappa shape index (κ3) is 2.97. The van der Waals surface area contributed by atoms with E-state index in [0.29, 0.717) is 18.1 Å². The van der Waals surface area contributed by atoms with Gasteiger partial charge in [0, 0.05) is 12.0 Å². The van der Waals surface area contributed by atoms with Crippen molar-refractivity contribution in [1.82, 2.24) is 0 Å². The summed E-state index contributed by atoms with van der Waals surface area (Å²) < 4.78 is 6.71. The number of rotatable bonds is 3. The average molecular weight is 329 g/mol. The molecule has 2 aliphatic rings. The van der Waals surface area contributed by atoms with E-state index in [1.807, 2.05) is 18.2 Å². The number of hydrogen-bond acceptors (Lipinski definition) is 2. The minimum atomic E-state index is -1.83. The number of carbonyl (C=O) groups is 1. The molecule has 0 saturated heterocycles. The Bertz CT molecular complexity index is 637. The standard InChI is InChI=1S/C20H28O2Si/c1-20(2,3)23(4,5)22-17-12-11-15-13-16(21)18(19(15)17)14-9-7-6-8-10-14/h6-10,15,17H,11-13H2,1-5H3. The van der Waals surface area contributed by atoms with Crippen LogP contribution in [0.4, 0.5) is 0 Å². The van der Waals surface area contributed by atoms with Gasteiger partial charge >= 0.3 is 0 Å². The van der Waals surface area contributed by atoms with Crippen LogP contribution in [0.2, 0.25) is 18.1 Å². The number of allylic oxidation sites excluding steroid dienone is 1. The Labute approximate surface area is 141 Å². The second-order valence-electron chi connectivity index (χ2n) is 8.46. The smallest absolute Gasteiger partial charge is 0.192 e. The van der Waals surface area contributed by atoms with Crippen LogP contribution in [0, 0.1) is 5.92 Å². The summed E-state index contributed by atoms with van der Waals surface area (Å²) in [7, 11) is -1.83. The van der Waals surface area contributed by atoms with Gasteiger partial charge in [-0.05, 0) is 48.0 Å². The van der Waals surface area contributed by atoms with Gasteiger partial charge in [-0.15, -0.1) is 0 Å². The summed E-state index contributed by atoms with van der Waals surface area (Å²) in [5.74, 6) is 0.715. The summed E-state index contributed by atoms with van der Waals surface area (Å²) in [6.45, 7) is 11.4. The molecule has 124 valence electrons. The first-order valence-electron chi connectivity index (χ1n) is 8.71. The molecule has 0 N–H and O–H groups in total. The number of carbonyl (C=O) groups excluding carboxylic acids is 1. The largest absolute Gasteiger partial charge is 0.410 e. The molecular formula is C20H28O2Si. The number of fused-ring (bicyclic) bond motifs is 1. The Morgan fingerprint density at radius 3 is 2.35 bits per heavy atom. The zero-order valence-corrected chi connectivity index (χ0v) is 16.0. The van der Waals surface area contributed by atoms with Crippen LogP contribution < -0.4 is 0 Å². The molecule has 0 aromatic heterocycles. The van der Waals surface area contributed by atoms with E-state index in [4.69, 9.17) is 4.43 Å². The van der Waals surface area contributed by atoms with E-state index in [0.717, 1.165) is 24.0 Å². The van der Waals surface area contributed by atoms with Crippen molar-refractivity contribution >= 4 is 19.7 Å². The number of benzene rings is 1. The van der Waals surface area contributed by atoms with E-state index in [-0.39, 0.29) is 11.1 Å². The van der Waals surface area contributed by atoms with Crippen molar-refractivity contribution in [2.75, 3.05) is 0 Å². The van der Waals surface area contributed by atoms with E-state index in [1.54, 1.807) is 0 Å². The van der Waals surface area contributed by atoms with E-state index < -0.39 is 8.32 Å². The van der Waals surface area contributed by atoms with E-state index in [9.17, 15) is 4.79 Å². The molecule has 1 aromatic carbocycles. The molecule has 3 rings (SSSR count). The third-order valence-electron chi connectivity index (χ3n) is 5.87. The van der Waals surface area contributed by atoms with Crippen molar-refractivity contribution in [2.24, 2.45) is 5.92 Å². The molecule has 3 heteroatoms. The summed E-state index contributed by atoms with van der Waals surface area (Å²) in [6.07, 6.45) is 2.98. The molecule has 1 saturated carbocycles. The molecule has 0 spiro atoms. The fraction of sp³-hybridized carbons (Fsp3) is 0.550. The topological polar surface area (TPSA) is 26.3 Å². The zero-order valence-electron chi connectivity index (χ0n) is 15.0. The van der Waals surface area contributed by atoms with Gasteiger partial charge in [-0.2, -0.15) is 0 Å². The van der Waals surface area contributed by atoms with E-state index in [1.165, 1.54) is 5.57 Å². The first-order valence-corrected chi connectivity index (χ1v) is 11.6. The number of hydrogen-bond donors (Lipinski definition) is 0. The van der Waals surface area contributed by atoms with Crippen LogP contribution in [-0.4, -0.2) is 20.2 Å². The second kappa shape index (κ2) is 5.71. The monoisotopic (exact) mass is 328 g/mol. The molecule has 0 radical (unpaired) electrons. The van der Waals surface area contributed by atoms with Gasteiger partial charge in [0.25, 0.3) is 0 Å². The average Bonchev–Trinajstić information content (AvgIpc) is 2.97. The normalized spacial score (nSPS) is 25.2. The van der Waals surface area contributed by atoms with Crippen LogP contribution >= 0.6 is 0 Å². The lowest BCUT2D eigenvalue weighted by Crippen LogP contribution is -2.43. The Morgan fingerprint density at radius 1 is 1.09 bits per heavy atom. The molecular weight excluding hydrogens is 300 g/mol. The van der Waals surface area contributed by atoms with Gasteiger partial charge in [0.05, 0.1) is 6.10 Å². The summed E-state index contributed by atoms with van der Waals surface area (Å²) in [6, 6.07) is 10.2. The van der Waals surface area contributed by atoms with E-state index >= 15 is 0 Å². The van der Waals surface area contributed by atoms with Crippen molar-refractivity contribution in [3.8, 4) is 0 Å². The van der Waals surface area contributed by atoms with Crippen LogP contribution in [0.3, 0.4) is 0 Å². The van der Waals surface area contributed by atoms with Gasteiger partial charge in [-0.25, -0.2) is 0 Å². The predicted molar refractivity (Wildman–Crippen MR) is 97.8 cm³/mol. The fourth-order valence-electron chi connectivity index (χ4n) is 3.58. The molecule has 0 bridgehead atoms. The Morgan fingerprint density at radius 2 is 1.74 bits per heavy atom. The molecule has 0 heterocycles. The summed E-state index contributed by atoms with van der Waals surface area (Å²) >= 11 is 0. The van der Waals surface area contributed by atoms with Crippen LogP contribution in [0.15, 0.2) is 35.9 Å². The van der Waals surface area contributed by atoms with Crippen LogP contribution in [0.25, 0.3) is 5.57 Å². The maximum absolute atomic E-state index is 12.6.